The first-order valence-corrected chi connectivity index (χ1v) is 9.26. The van der Waals surface area contributed by atoms with Crippen LogP contribution in [0.1, 0.15) is 51.1 Å². The zero-order valence-electron chi connectivity index (χ0n) is 12.9. The summed E-state index contributed by atoms with van der Waals surface area (Å²) in [6, 6.07) is 6.85. The van der Waals surface area contributed by atoms with Crippen LogP contribution in [0.3, 0.4) is 0 Å². The highest BCUT2D eigenvalue weighted by Crippen LogP contribution is 2.30. The maximum atomic E-state index is 12.4. The van der Waals surface area contributed by atoms with Crippen molar-refractivity contribution in [3.05, 3.63) is 29.8 Å². The van der Waals surface area contributed by atoms with E-state index < -0.39 is 10.0 Å². The Hall–Kier alpha value is -0.910. The zero-order valence-corrected chi connectivity index (χ0v) is 13.7. The van der Waals surface area contributed by atoms with E-state index in [4.69, 9.17) is 5.73 Å². The third-order valence-corrected chi connectivity index (χ3v) is 5.82. The second-order valence-corrected chi connectivity index (χ2v) is 7.99. The molecule has 118 valence electrons. The van der Waals surface area contributed by atoms with Crippen LogP contribution >= 0.6 is 0 Å². The normalized spacial score (nSPS) is 24.1. The van der Waals surface area contributed by atoms with E-state index in [0.29, 0.717) is 23.3 Å². The molecule has 0 saturated heterocycles. The van der Waals surface area contributed by atoms with Crippen molar-refractivity contribution in [3.8, 4) is 0 Å². The molecule has 0 amide bonds. The van der Waals surface area contributed by atoms with Gasteiger partial charge in [-0.05, 0) is 48.8 Å². The van der Waals surface area contributed by atoms with E-state index in [2.05, 4.69) is 11.6 Å². The molecular weight excluding hydrogens is 284 g/mol. The third kappa shape index (κ3) is 4.28. The SMILES string of the molecule is CCC(N)c1cccc(S(=O)(=O)NCC2CCC(C)C2)c1. The fourth-order valence-electron chi connectivity index (χ4n) is 2.97. The molecule has 0 aromatic heterocycles. The lowest BCUT2D eigenvalue weighted by Crippen LogP contribution is -2.28. The van der Waals surface area contributed by atoms with Crippen LogP contribution in [-0.2, 0) is 10.0 Å². The maximum Gasteiger partial charge on any atom is 0.240 e. The molecular formula is C16H26N2O2S. The minimum Gasteiger partial charge on any atom is -0.324 e. The second-order valence-electron chi connectivity index (χ2n) is 6.22. The highest BCUT2D eigenvalue weighted by atomic mass is 32.2. The van der Waals surface area contributed by atoms with E-state index in [0.717, 1.165) is 24.8 Å². The fourth-order valence-corrected chi connectivity index (χ4v) is 4.14. The predicted molar refractivity (Wildman–Crippen MR) is 85.4 cm³/mol. The van der Waals surface area contributed by atoms with E-state index in [1.165, 1.54) is 6.42 Å². The smallest absolute Gasteiger partial charge is 0.240 e. The van der Waals surface area contributed by atoms with E-state index in [9.17, 15) is 8.42 Å². The maximum absolute atomic E-state index is 12.4. The Bertz CT molecular complexity index is 571. The molecule has 0 radical (unpaired) electrons. The molecule has 1 aliphatic rings. The molecule has 0 aliphatic heterocycles. The Kier molecular flexibility index (Phi) is 5.41. The molecule has 1 aromatic rings. The molecule has 4 nitrogen and oxygen atoms in total. The fraction of sp³-hybridized carbons (Fsp3) is 0.625. The van der Waals surface area contributed by atoms with Gasteiger partial charge >= 0.3 is 0 Å². The van der Waals surface area contributed by atoms with Gasteiger partial charge in [0.05, 0.1) is 4.90 Å². The Morgan fingerprint density at radius 2 is 2.14 bits per heavy atom. The van der Waals surface area contributed by atoms with Crippen LogP contribution in [0.15, 0.2) is 29.2 Å². The van der Waals surface area contributed by atoms with Crippen molar-refractivity contribution in [1.29, 1.82) is 0 Å². The predicted octanol–water partition coefficient (Wildman–Crippen LogP) is 2.81. The van der Waals surface area contributed by atoms with Gasteiger partial charge in [-0.25, -0.2) is 13.1 Å². The summed E-state index contributed by atoms with van der Waals surface area (Å²) in [4.78, 5) is 0.315. The van der Waals surface area contributed by atoms with Crippen LogP contribution in [0.5, 0.6) is 0 Å². The summed E-state index contributed by atoms with van der Waals surface area (Å²) >= 11 is 0. The first-order valence-electron chi connectivity index (χ1n) is 7.77. The lowest BCUT2D eigenvalue weighted by Gasteiger charge is -2.14. The topological polar surface area (TPSA) is 72.2 Å². The van der Waals surface area contributed by atoms with Gasteiger partial charge in [-0.15, -0.1) is 0 Å². The quantitative estimate of drug-likeness (QED) is 0.848. The van der Waals surface area contributed by atoms with Gasteiger partial charge in [-0.3, -0.25) is 0 Å². The van der Waals surface area contributed by atoms with Crippen molar-refractivity contribution >= 4 is 10.0 Å². The summed E-state index contributed by atoms with van der Waals surface area (Å²) in [5.74, 6) is 1.18. The van der Waals surface area contributed by atoms with Crippen molar-refractivity contribution in [3.63, 3.8) is 0 Å². The summed E-state index contributed by atoms with van der Waals surface area (Å²) in [6.07, 6.45) is 4.22. The number of rotatable bonds is 6. The standard InChI is InChI=1S/C16H26N2O2S/c1-3-16(17)14-5-4-6-15(10-14)21(19,20)18-11-13-8-7-12(2)9-13/h4-6,10,12-13,16,18H,3,7-9,11,17H2,1-2H3. The van der Waals surface area contributed by atoms with Gasteiger partial charge in [0.15, 0.2) is 0 Å². The Morgan fingerprint density at radius 3 is 2.76 bits per heavy atom. The third-order valence-electron chi connectivity index (χ3n) is 4.40. The highest BCUT2D eigenvalue weighted by Gasteiger charge is 2.23. The van der Waals surface area contributed by atoms with Crippen molar-refractivity contribution in [2.24, 2.45) is 17.6 Å². The van der Waals surface area contributed by atoms with E-state index in [1.807, 2.05) is 13.0 Å². The van der Waals surface area contributed by atoms with Gasteiger partial charge in [-0.1, -0.05) is 32.4 Å². The second kappa shape index (κ2) is 6.90. The number of benzene rings is 1. The molecule has 1 fully saturated rings. The molecule has 0 bridgehead atoms. The molecule has 5 heteroatoms. The number of nitrogens with two attached hydrogens (primary N) is 1. The highest BCUT2D eigenvalue weighted by molar-refractivity contribution is 7.89. The zero-order chi connectivity index (χ0) is 15.5. The van der Waals surface area contributed by atoms with E-state index in [-0.39, 0.29) is 6.04 Å². The monoisotopic (exact) mass is 310 g/mol. The van der Waals surface area contributed by atoms with Crippen LogP contribution in [0.2, 0.25) is 0 Å². The summed E-state index contributed by atoms with van der Waals surface area (Å²) in [7, 11) is -3.44. The van der Waals surface area contributed by atoms with Crippen LogP contribution in [-0.4, -0.2) is 15.0 Å². The summed E-state index contributed by atoms with van der Waals surface area (Å²) in [5, 5.41) is 0. The Balaban J connectivity index is 2.05. The minimum atomic E-state index is -3.44. The van der Waals surface area contributed by atoms with Crippen molar-refractivity contribution in [1.82, 2.24) is 4.72 Å². The van der Waals surface area contributed by atoms with Gasteiger partial charge < -0.3 is 5.73 Å². The molecule has 0 spiro atoms. The molecule has 1 aliphatic carbocycles. The summed E-state index contributed by atoms with van der Waals surface area (Å²) in [5.41, 5.74) is 6.85. The lowest BCUT2D eigenvalue weighted by molar-refractivity contribution is 0.498. The number of sulfonamides is 1. The van der Waals surface area contributed by atoms with Crippen molar-refractivity contribution < 1.29 is 8.42 Å². The number of nitrogens with one attached hydrogen (secondary N) is 1. The molecule has 2 rings (SSSR count). The molecule has 1 aromatic carbocycles. The summed E-state index contributed by atoms with van der Waals surface area (Å²) < 4.78 is 27.5. The molecule has 21 heavy (non-hydrogen) atoms. The van der Waals surface area contributed by atoms with Gasteiger partial charge in [-0.2, -0.15) is 0 Å². The van der Waals surface area contributed by atoms with E-state index in [1.54, 1.807) is 18.2 Å². The van der Waals surface area contributed by atoms with E-state index >= 15 is 0 Å². The first kappa shape index (κ1) is 16.5. The Labute approximate surface area is 128 Å². The largest absolute Gasteiger partial charge is 0.324 e. The average Bonchev–Trinajstić information content (AvgIpc) is 2.90. The molecule has 1 saturated carbocycles. The molecule has 3 atom stereocenters. The number of hydrogen-bond acceptors (Lipinski definition) is 3. The van der Waals surface area contributed by atoms with Crippen LogP contribution in [0, 0.1) is 11.8 Å². The van der Waals surface area contributed by atoms with Crippen molar-refractivity contribution in [2.75, 3.05) is 6.54 Å². The van der Waals surface area contributed by atoms with Gasteiger partial charge in [0.25, 0.3) is 0 Å². The van der Waals surface area contributed by atoms with Crippen LogP contribution < -0.4 is 10.5 Å². The lowest BCUT2D eigenvalue weighted by atomic mass is 10.1. The van der Waals surface area contributed by atoms with Gasteiger partial charge in [0, 0.05) is 12.6 Å². The summed E-state index contributed by atoms with van der Waals surface area (Å²) in [6.45, 7) is 4.76. The Morgan fingerprint density at radius 1 is 1.38 bits per heavy atom. The van der Waals surface area contributed by atoms with Gasteiger partial charge in [0.1, 0.15) is 0 Å². The molecule has 0 heterocycles. The van der Waals surface area contributed by atoms with Gasteiger partial charge in [0.2, 0.25) is 10.0 Å². The average molecular weight is 310 g/mol. The van der Waals surface area contributed by atoms with Crippen LogP contribution in [0.25, 0.3) is 0 Å². The molecule has 3 unspecified atom stereocenters. The number of hydrogen-bond donors (Lipinski definition) is 2. The van der Waals surface area contributed by atoms with Crippen LogP contribution in [0.4, 0.5) is 0 Å². The first-order chi connectivity index (χ1) is 9.92. The molecule has 3 N–H and O–H groups in total. The van der Waals surface area contributed by atoms with Crippen molar-refractivity contribution in [2.45, 2.75) is 50.5 Å². The minimum absolute atomic E-state index is 0.115.